The summed E-state index contributed by atoms with van der Waals surface area (Å²) in [5, 5.41) is 13.9. The molecule has 4 rings (SSSR count). The number of nitrogens with zero attached hydrogens (tertiary/aromatic N) is 5. The van der Waals surface area contributed by atoms with Crippen LogP contribution >= 0.6 is 23.4 Å². The normalized spacial score (nSPS) is 11.2. The molecule has 0 aliphatic heterocycles. The minimum atomic E-state index is -2.95. The zero-order valence-corrected chi connectivity index (χ0v) is 19.1. The van der Waals surface area contributed by atoms with E-state index in [-0.39, 0.29) is 11.5 Å². The van der Waals surface area contributed by atoms with Crippen LogP contribution in [0, 0.1) is 0 Å². The van der Waals surface area contributed by atoms with Crippen LogP contribution < -0.4 is 9.47 Å². The predicted molar refractivity (Wildman–Crippen MR) is 119 cm³/mol. The summed E-state index contributed by atoms with van der Waals surface area (Å²) in [7, 11) is 1.36. The molecule has 0 saturated carbocycles. The third kappa shape index (κ3) is 5.25. The first kappa shape index (κ1) is 23.0. The van der Waals surface area contributed by atoms with Crippen LogP contribution in [0.25, 0.3) is 22.8 Å². The molecule has 0 radical (unpaired) electrons. The summed E-state index contributed by atoms with van der Waals surface area (Å²) >= 11 is 7.38. The van der Waals surface area contributed by atoms with Crippen LogP contribution in [0.3, 0.4) is 0 Å². The molecule has 8 nitrogen and oxygen atoms in total. The van der Waals surface area contributed by atoms with Gasteiger partial charge in [-0.15, -0.1) is 10.2 Å². The first-order chi connectivity index (χ1) is 16.0. The van der Waals surface area contributed by atoms with Crippen LogP contribution in [-0.2, 0) is 12.3 Å². The molecule has 0 bridgehead atoms. The third-order valence-corrected chi connectivity index (χ3v) is 5.77. The lowest BCUT2D eigenvalue weighted by molar-refractivity contribution is -0.0512. The number of methoxy groups -OCH3 is 1. The maximum Gasteiger partial charge on any atom is 0.387 e. The molecule has 0 spiro atoms. The number of halogens is 3. The highest BCUT2D eigenvalue weighted by Crippen LogP contribution is 2.33. The molecular formula is C21H18ClF2N5O3S. The van der Waals surface area contributed by atoms with Gasteiger partial charge in [0.25, 0.3) is 0 Å². The van der Waals surface area contributed by atoms with Gasteiger partial charge in [-0.05, 0) is 49.4 Å². The van der Waals surface area contributed by atoms with Crippen LogP contribution in [0.5, 0.6) is 11.5 Å². The molecule has 0 aliphatic rings. The van der Waals surface area contributed by atoms with Crippen LogP contribution in [0.2, 0.25) is 5.02 Å². The Morgan fingerprint density at radius 2 is 1.85 bits per heavy atom. The van der Waals surface area contributed by atoms with Crippen molar-refractivity contribution in [2.75, 3.05) is 7.11 Å². The molecule has 2 heterocycles. The molecule has 33 heavy (non-hydrogen) atoms. The van der Waals surface area contributed by atoms with Crippen molar-refractivity contribution < 1.29 is 22.8 Å². The monoisotopic (exact) mass is 493 g/mol. The van der Waals surface area contributed by atoms with Gasteiger partial charge in [-0.25, -0.2) is 0 Å². The van der Waals surface area contributed by atoms with Crippen molar-refractivity contribution in [1.82, 2.24) is 24.9 Å². The number of ether oxygens (including phenoxy) is 2. The summed E-state index contributed by atoms with van der Waals surface area (Å²) in [6, 6.07) is 11.8. The second kappa shape index (κ2) is 10.2. The number of benzene rings is 2. The summed E-state index contributed by atoms with van der Waals surface area (Å²) in [5.41, 5.74) is 1.45. The molecule has 2 aromatic carbocycles. The van der Waals surface area contributed by atoms with Gasteiger partial charge < -0.3 is 18.6 Å². The van der Waals surface area contributed by atoms with Gasteiger partial charge in [-0.2, -0.15) is 13.8 Å². The predicted octanol–water partition coefficient (Wildman–Crippen LogP) is 5.57. The lowest BCUT2D eigenvalue weighted by atomic mass is 10.2. The minimum absolute atomic E-state index is 0.0779. The molecule has 0 aliphatic carbocycles. The molecule has 0 atom stereocenters. The van der Waals surface area contributed by atoms with Crippen LogP contribution in [-0.4, -0.2) is 38.6 Å². The maximum absolute atomic E-state index is 12.5. The van der Waals surface area contributed by atoms with Crippen molar-refractivity contribution in [2.24, 2.45) is 0 Å². The van der Waals surface area contributed by atoms with Crippen LogP contribution in [0.15, 0.2) is 52.1 Å². The van der Waals surface area contributed by atoms with Crippen molar-refractivity contribution in [2.45, 2.75) is 31.0 Å². The Bertz CT molecular complexity index is 1230. The highest BCUT2D eigenvalue weighted by molar-refractivity contribution is 7.98. The Hall–Kier alpha value is -3.18. The number of alkyl halides is 2. The SMILES string of the molecule is CCn1c(SCc2nc(-c3ccc(OC(F)F)c(OC)c3)no2)nnc1-c1ccc(Cl)cc1. The van der Waals surface area contributed by atoms with Gasteiger partial charge in [0.2, 0.25) is 11.7 Å². The van der Waals surface area contributed by atoms with Crippen LogP contribution in [0.1, 0.15) is 12.8 Å². The molecule has 2 aromatic heterocycles. The van der Waals surface area contributed by atoms with Gasteiger partial charge in [0.05, 0.1) is 12.9 Å². The Balaban J connectivity index is 1.48. The van der Waals surface area contributed by atoms with E-state index in [0.717, 1.165) is 11.4 Å². The fourth-order valence-corrected chi connectivity index (χ4v) is 4.02. The summed E-state index contributed by atoms with van der Waals surface area (Å²) in [4.78, 5) is 4.38. The highest BCUT2D eigenvalue weighted by Gasteiger charge is 2.17. The molecule has 0 fully saturated rings. The second-order valence-corrected chi connectivity index (χ2v) is 7.98. The fourth-order valence-electron chi connectivity index (χ4n) is 3.05. The molecule has 0 N–H and O–H groups in total. The fraction of sp³-hybridized carbons (Fsp3) is 0.238. The van der Waals surface area contributed by atoms with Gasteiger partial charge >= 0.3 is 6.61 Å². The average molecular weight is 494 g/mol. The van der Waals surface area contributed by atoms with E-state index in [1.807, 2.05) is 23.6 Å². The molecule has 0 amide bonds. The smallest absolute Gasteiger partial charge is 0.387 e. The van der Waals surface area contributed by atoms with E-state index in [4.69, 9.17) is 20.9 Å². The van der Waals surface area contributed by atoms with Gasteiger partial charge in [-0.1, -0.05) is 28.5 Å². The molecule has 0 saturated heterocycles. The van der Waals surface area contributed by atoms with Gasteiger partial charge in [0, 0.05) is 22.7 Å². The molecule has 172 valence electrons. The Morgan fingerprint density at radius 1 is 1.09 bits per heavy atom. The van der Waals surface area contributed by atoms with Gasteiger partial charge in [0.15, 0.2) is 22.5 Å². The molecule has 0 unspecified atom stereocenters. The first-order valence-corrected chi connectivity index (χ1v) is 11.1. The number of rotatable bonds is 9. The largest absolute Gasteiger partial charge is 0.493 e. The standard InChI is InChI=1S/C21H18ClF2N5O3S/c1-3-29-19(12-4-7-14(22)8-5-12)26-27-21(29)33-11-17-25-18(28-32-17)13-6-9-15(31-20(23)24)16(10-13)30-2/h4-10,20H,3,11H2,1-2H3. The van der Waals surface area contributed by atoms with E-state index in [9.17, 15) is 8.78 Å². The number of hydrogen-bond donors (Lipinski definition) is 0. The van der Waals surface area contributed by atoms with Crippen molar-refractivity contribution >= 4 is 23.4 Å². The third-order valence-electron chi connectivity index (χ3n) is 4.57. The highest BCUT2D eigenvalue weighted by atomic mass is 35.5. The maximum atomic E-state index is 12.5. The quantitative estimate of drug-likeness (QED) is 0.280. The van der Waals surface area contributed by atoms with E-state index in [1.54, 1.807) is 18.2 Å². The van der Waals surface area contributed by atoms with E-state index < -0.39 is 6.61 Å². The van der Waals surface area contributed by atoms with E-state index in [2.05, 4.69) is 25.1 Å². The van der Waals surface area contributed by atoms with E-state index >= 15 is 0 Å². The van der Waals surface area contributed by atoms with Crippen molar-refractivity contribution in [1.29, 1.82) is 0 Å². The lowest BCUT2D eigenvalue weighted by Gasteiger charge is -2.10. The summed E-state index contributed by atoms with van der Waals surface area (Å²) in [6.07, 6.45) is 0. The second-order valence-electron chi connectivity index (χ2n) is 6.60. The summed E-state index contributed by atoms with van der Waals surface area (Å²) < 4.78 is 41.9. The molecule has 12 heteroatoms. The van der Waals surface area contributed by atoms with Gasteiger partial charge in [-0.3, -0.25) is 0 Å². The van der Waals surface area contributed by atoms with Crippen molar-refractivity contribution in [3.63, 3.8) is 0 Å². The Kier molecular flexibility index (Phi) is 7.09. The summed E-state index contributed by atoms with van der Waals surface area (Å²) in [6.45, 7) is -0.273. The Labute approximate surface area is 196 Å². The lowest BCUT2D eigenvalue weighted by Crippen LogP contribution is -2.03. The van der Waals surface area contributed by atoms with Gasteiger partial charge in [0.1, 0.15) is 0 Å². The van der Waals surface area contributed by atoms with Crippen molar-refractivity contribution in [3.05, 3.63) is 53.4 Å². The van der Waals surface area contributed by atoms with Crippen LogP contribution in [0.4, 0.5) is 8.78 Å². The zero-order chi connectivity index (χ0) is 23.4. The van der Waals surface area contributed by atoms with E-state index in [1.165, 1.54) is 31.0 Å². The first-order valence-electron chi connectivity index (χ1n) is 9.76. The van der Waals surface area contributed by atoms with Crippen molar-refractivity contribution in [3.8, 4) is 34.3 Å². The minimum Gasteiger partial charge on any atom is -0.493 e. The molecule has 4 aromatic rings. The molecular weight excluding hydrogens is 476 g/mol. The summed E-state index contributed by atoms with van der Waals surface area (Å²) in [5.74, 6) is 1.84. The zero-order valence-electron chi connectivity index (χ0n) is 17.5. The number of hydrogen-bond acceptors (Lipinski definition) is 8. The number of aromatic nitrogens is 5. The van der Waals surface area contributed by atoms with E-state index in [0.29, 0.717) is 39.8 Å². The average Bonchev–Trinajstić information content (AvgIpc) is 3.45. The topological polar surface area (TPSA) is 88.1 Å². The number of thioether (sulfide) groups is 1. The Morgan fingerprint density at radius 3 is 2.55 bits per heavy atom.